The Kier molecular flexibility index (Phi) is 1.62. The fourth-order valence-corrected chi connectivity index (χ4v) is 1.59. The van der Waals surface area contributed by atoms with Crippen LogP contribution in [-0.2, 0) is 4.79 Å². The van der Waals surface area contributed by atoms with E-state index in [9.17, 15) is 4.79 Å². The van der Waals surface area contributed by atoms with Crippen LogP contribution in [0.5, 0.6) is 0 Å². The summed E-state index contributed by atoms with van der Waals surface area (Å²) in [5.74, 6) is 0.318. The Balaban J connectivity index is 2.25. The second-order valence-electron chi connectivity index (χ2n) is 2.93. The predicted octanol–water partition coefficient (Wildman–Crippen LogP) is 0.804. The van der Waals surface area contributed by atoms with Gasteiger partial charge in [-0.05, 0) is 6.42 Å². The normalized spacial score (nSPS) is 29.6. The minimum Gasteiger partial charge on any atom is -0.306 e. The fraction of sp³-hybridized carbons (Fsp3) is 0.444. The molecule has 58 valence electrons. The summed E-state index contributed by atoms with van der Waals surface area (Å²) in [6.45, 7) is 0.825. The molecule has 0 aromatic heterocycles. The van der Waals surface area contributed by atoms with E-state index in [-0.39, 0.29) is 6.04 Å². The number of carbonyl (C=O) groups is 1. The molecule has 0 radical (unpaired) electrons. The third-order valence-electron chi connectivity index (χ3n) is 2.18. The molecule has 1 fully saturated rings. The van der Waals surface area contributed by atoms with Crippen LogP contribution in [-0.4, -0.2) is 18.4 Å². The van der Waals surface area contributed by atoms with E-state index in [1.807, 2.05) is 6.08 Å². The fourth-order valence-electron chi connectivity index (χ4n) is 1.59. The summed E-state index contributed by atoms with van der Waals surface area (Å²) in [5, 5.41) is 3.28. The number of allylic oxidation sites excluding steroid dienone is 2. The number of rotatable bonds is 0. The molecule has 2 aliphatic rings. The SMILES string of the molecule is O=C1CCNC2C=CCC=C12. The number of carbonyl (C=O) groups excluding carboxylic acids is 1. The zero-order chi connectivity index (χ0) is 7.68. The predicted molar refractivity (Wildman–Crippen MR) is 43.3 cm³/mol. The third kappa shape index (κ3) is 1.14. The van der Waals surface area contributed by atoms with Gasteiger partial charge < -0.3 is 5.32 Å². The van der Waals surface area contributed by atoms with Gasteiger partial charge in [0.1, 0.15) is 0 Å². The van der Waals surface area contributed by atoms with Crippen molar-refractivity contribution in [2.24, 2.45) is 0 Å². The van der Waals surface area contributed by atoms with Crippen molar-refractivity contribution in [2.45, 2.75) is 18.9 Å². The average Bonchev–Trinajstić information content (AvgIpc) is 2.06. The first-order valence-electron chi connectivity index (χ1n) is 4.01. The molecule has 0 aromatic rings. The minimum atomic E-state index is 0.213. The van der Waals surface area contributed by atoms with Crippen LogP contribution in [0.3, 0.4) is 0 Å². The Labute approximate surface area is 66.0 Å². The van der Waals surface area contributed by atoms with Crippen molar-refractivity contribution in [3.05, 3.63) is 23.8 Å². The first-order chi connectivity index (χ1) is 5.38. The summed E-state index contributed by atoms with van der Waals surface area (Å²) in [6.07, 6.45) is 7.78. The molecule has 0 amide bonds. The molecule has 1 aliphatic carbocycles. The van der Waals surface area contributed by atoms with Crippen LogP contribution in [0.1, 0.15) is 12.8 Å². The highest BCUT2D eigenvalue weighted by atomic mass is 16.1. The van der Waals surface area contributed by atoms with Gasteiger partial charge in [0, 0.05) is 18.5 Å². The van der Waals surface area contributed by atoms with Gasteiger partial charge in [-0.3, -0.25) is 4.79 Å². The maximum Gasteiger partial charge on any atom is 0.161 e. The number of fused-ring (bicyclic) bond motifs is 1. The van der Waals surface area contributed by atoms with Gasteiger partial charge in [0.25, 0.3) is 0 Å². The number of piperidine rings is 1. The molecule has 2 nitrogen and oxygen atoms in total. The molecule has 1 aliphatic heterocycles. The van der Waals surface area contributed by atoms with E-state index in [1.54, 1.807) is 0 Å². The van der Waals surface area contributed by atoms with E-state index in [2.05, 4.69) is 17.5 Å². The summed E-state index contributed by atoms with van der Waals surface area (Å²) < 4.78 is 0. The second kappa shape index (κ2) is 2.62. The van der Waals surface area contributed by atoms with Gasteiger partial charge in [-0.1, -0.05) is 18.2 Å². The highest BCUT2D eigenvalue weighted by Crippen LogP contribution is 2.17. The van der Waals surface area contributed by atoms with Gasteiger partial charge in [0.05, 0.1) is 6.04 Å². The van der Waals surface area contributed by atoms with E-state index in [0.717, 1.165) is 18.5 Å². The molecule has 11 heavy (non-hydrogen) atoms. The van der Waals surface area contributed by atoms with Crippen molar-refractivity contribution >= 4 is 5.78 Å². The van der Waals surface area contributed by atoms with Gasteiger partial charge in [-0.2, -0.15) is 0 Å². The summed E-state index contributed by atoms with van der Waals surface area (Å²) in [4.78, 5) is 11.3. The molecular weight excluding hydrogens is 138 g/mol. The van der Waals surface area contributed by atoms with E-state index >= 15 is 0 Å². The van der Waals surface area contributed by atoms with Gasteiger partial charge in [0.15, 0.2) is 5.78 Å². The third-order valence-corrected chi connectivity index (χ3v) is 2.18. The van der Waals surface area contributed by atoms with Gasteiger partial charge in [-0.25, -0.2) is 0 Å². The Morgan fingerprint density at radius 2 is 2.45 bits per heavy atom. The summed E-state index contributed by atoms with van der Waals surface area (Å²) in [5.41, 5.74) is 0.971. The smallest absolute Gasteiger partial charge is 0.161 e. The molecule has 0 aromatic carbocycles. The van der Waals surface area contributed by atoms with E-state index in [0.29, 0.717) is 12.2 Å². The Bertz CT molecular complexity index is 240. The number of ketones is 1. The van der Waals surface area contributed by atoms with Crippen molar-refractivity contribution in [1.82, 2.24) is 5.32 Å². The van der Waals surface area contributed by atoms with Crippen molar-refractivity contribution < 1.29 is 4.79 Å². The molecular formula is C9H11NO. The van der Waals surface area contributed by atoms with Crippen molar-refractivity contribution in [3.8, 4) is 0 Å². The van der Waals surface area contributed by atoms with Crippen LogP contribution in [0.15, 0.2) is 23.8 Å². The quantitative estimate of drug-likeness (QED) is 0.516. The monoisotopic (exact) mass is 149 g/mol. The Hall–Kier alpha value is -0.890. The highest BCUT2D eigenvalue weighted by molar-refractivity contribution is 5.98. The summed E-state index contributed by atoms with van der Waals surface area (Å²) >= 11 is 0. The summed E-state index contributed by atoms with van der Waals surface area (Å²) in [7, 11) is 0. The lowest BCUT2D eigenvalue weighted by Gasteiger charge is -2.25. The van der Waals surface area contributed by atoms with Gasteiger partial charge in [0.2, 0.25) is 0 Å². The lowest BCUT2D eigenvalue weighted by Crippen LogP contribution is -2.40. The number of Topliss-reactive ketones (excluding diaryl/α,β-unsaturated/α-hetero) is 1. The Morgan fingerprint density at radius 1 is 1.55 bits per heavy atom. The molecule has 1 unspecified atom stereocenters. The van der Waals surface area contributed by atoms with Gasteiger partial charge in [-0.15, -0.1) is 0 Å². The second-order valence-corrected chi connectivity index (χ2v) is 2.93. The number of hydrogen-bond donors (Lipinski definition) is 1. The van der Waals surface area contributed by atoms with E-state index < -0.39 is 0 Å². The van der Waals surface area contributed by atoms with Crippen molar-refractivity contribution in [3.63, 3.8) is 0 Å². The molecule has 0 saturated carbocycles. The molecule has 0 spiro atoms. The highest BCUT2D eigenvalue weighted by Gasteiger charge is 2.23. The first kappa shape index (κ1) is 6.80. The van der Waals surface area contributed by atoms with Crippen LogP contribution in [0.4, 0.5) is 0 Å². The largest absolute Gasteiger partial charge is 0.306 e. The van der Waals surface area contributed by atoms with Crippen LogP contribution < -0.4 is 5.32 Å². The van der Waals surface area contributed by atoms with Gasteiger partial charge >= 0.3 is 0 Å². The lowest BCUT2D eigenvalue weighted by atomic mass is 9.92. The molecule has 1 heterocycles. The lowest BCUT2D eigenvalue weighted by molar-refractivity contribution is -0.116. The maximum atomic E-state index is 11.3. The number of hydrogen-bond acceptors (Lipinski definition) is 2. The zero-order valence-corrected chi connectivity index (χ0v) is 6.34. The number of nitrogens with one attached hydrogen (secondary N) is 1. The molecule has 1 saturated heterocycles. The van der Waals surface area contributed by atoms with Crippen molar-refractivity contribution in [2.75, 3.05) is 6.54 Å². The van der Waals surface area contributed by atoms with Crippen molar-refractivity contribution in [1.29, 1.82) is 0 Å². The van der Waals surface area contributed by atoms with Crippen LogP contribution in [0.2, 0.25) is 0 Å². The molecule has 2 heteroatoms. The topological polar surface area (TPSA) is 29.1 Å². The molecule has 0 bridgehead atoms. The molecule has 2 rings (SSSR count). The standard InChI is InChI=1S/C9H11NO/c11-9-5-6-10-8-4-2-1-3-7(8)9/h2-4,8,10H,1,5-6H2. The minimum absolute atomic E-state index is 0.213. The summed E-state index contributed by atoms with van der Waals surface area (Å²) in [6, 6.07) is 0.213. The molecule has 1 N–H and O–H groups in total. The van der Waals surface area contributed by atoms with Crippen LogP contribution in [0.25, 0.3) is 0 Å². The van der Waals surface area contributed by atoms with Crippen LogP contribution >= 0.6 is 0 Å². The Morgan fingerprint density at radius 3 is 3.27 bits per heavy atom. The zero-order valence-electron chi connectivity index (χ0n) is 6.34. The first-order valence-corrected chi connectivity index (χ1v) is 4.01. The van der Waals surface area contributed by atoms with Crippen LogP contribution in [0, 0.1) is 0 Å². The van der Waals surface area contributed by atoms with E-state index in [4.69, 9.17) is 0 Å². The molecule has 1 atom stereocenters. The maximum absolute atomic E-state index is 11.3. The van der Waals surface area contributed by atoms with E-state index in [1.165, 1.54) is 0 Å². The average molecular weight is 149 g/mol.